The Labute approximate surface area is 73.5 Å². The van der Waals surface area contributed by atoms with Crippen molar-refractivity contribution in [3.63, 3.8) is 0 Å². The lowest BCUT2D eigenvalue weighted by Gasteiger charge is -2.16. The predicted octanol–water partition coefficient (Wildman–Crippen LogP) is 1.86. The number of aliphatic hydroxyl groups excluding tert-OH is 1. The Morgan fingerprint density at radius 1 is 1.75 bits per heavy atom. The van der Waals surface area contributed by atoms with Gasteiger partial charge in [-0.3, -0.25) is 0 Å². The minimum Gasteiger partial charge on any atom is -0.365 e. The Morgan fingerprint density at radius 3 is 2.67 bits per heavy atom. The summed E-state index contributed by atoms with van der Waals surface area (Å²) in [6, 6.07) is 0. The Kier molecular flexibility index (Phi) is 2.70. The molecule has 1 aliphatic rings. The van der Waals surface area contributed by atoms with E-state index in [2.05, 4.69) is 13.5 Å². The van der Waals surface area contributed by atoms with Gasteiger partial charge in [-0.25, -0.2) is 0 Å². The molecule has 0 radical (unpaired) electrons. The van der Waals surface area contributed by atoms with Crippen molar-refractivity contribution in [1.29, 1.82) is 0 Å². The standard InChI is InChI=1S/C10H16O2/c1-6(2)7(3)9-5-10(11)12-8(9)4/h5,7-8,10-11H,1H2,2-4H3. The lowest BCUT2D eigenvalue weighted by atomic mass is 9.92. The predicted molar refractivity (Wildman–Crippen MR) is 48.6 cm³/mol. The molecule has 0 aromatic carbocycles. The van der Waals surface area contributed by atoms with Gasteiger partial charge < -0.3 is 9.84 Å². The van der Waals surface area contributed by atoms with Gasteiger partial charge in [0, 0.05) is 5.92 Å². The van der Waals surface area contributed by atoms with Gasteiger partial charge in [-0.15, -0.1) is 0 Å². The summed E-state index contributed by atoms with van der Waals surface area (Å²) in [5, 5.41) is 9.17. The van der Waals surface area contributed by atoms with Crippen molar-refractivity contribution in [1.82, 2.24) is 0 Å². The van der Waals surface area contributed by atoms with Crippen LogP contribution in [0.4, 0.5) is 0 Å². The largest absolute Gasteiger partial charge is 0.365 e. The summed E-state index contributed by atoms with van der Waals surface area (Å²) >= 11 is 0. The molecule has 0 saturated heterocycles. The van der Waals surface area contributed by atoms with E-state index in [1.807, 2.05) is 13.8 Å². The molecule has 0 bridgehead atoms. The molecule has 1 N–H and O–H groups in total. The lowest BCUT2D eigenvalue weighted by Crippen LogP contribution is -2.13. The zero-order valence-corrected chi connectivity index (χ0v) is 7.87. The molecule has 2 nitrogen and oxygen atoms in total. The average Bonchev–Trinajstić information content (AvgIpc) is 2.28. The molecule has 0 spiro atoms. The molecule has 12 heavy (non-hydrogen) atoms. The fourth-order valence-electron chi connectivity index (χ4n) is 1.41. The highest BCUT2D eigenvalue weighted by Gasteiger charge is 2.25. The van der Waals surface area contributed by atoms with Crippen LogP contribution in [0.1, 0.15) is 20.8 Å². The van der Waals surface area contributed by atoms with Crippen LogP contribution in [0.2, 0.25) is 0 Å². The Balaban J connectivity index is 2.74. The van der Waals surface area contributed by atoms with Crippen LogP contribution in [-0.2, 0) is 4.74 Å². The molecule has 68 valence electrons. The third-order valence-electron chi connectivity index (χ3n) is 2.39. The second kappa shape index (κ2) is 3.42. The van der Waals surface area contributed by atoms with E-state index < -0.39 is 6.29 Å². The number of allylic oxidation sites excluding steroid dienone is 1. The maximum absolute atomic E-state index is 9.17. The van der Waals surface area contributed by atoms with Gasteiger partial charge in [0.1, 0.15) is 0 Å². The maximum Gasteiger partial charge on any atom is 0.175 e. The van der Waals surface area contributed by atoms with Crippen molar-refractivity contribution in [2.24, 2.45) is 5.92 Å². The summed E-state index contributed by atoms with van der Waals surface area (Å²) in [6.07, 6.45) is 1.06. The van der Waals surface area contributed by atoms with Gasteiger partial charge in [0.05, 0.1) is 6.10 Å². The smallest absolute Gasteiger partial charge is 0.175 e. The second-order valence-corrected chi connectivity index (χ2v) is 3.40. The molecule has 1 rings (SSSR count). The van der Waals surface area contributed by atoms with Gasteiger partial charge in [-0.05, 0) is 25.5 Å². The summed E-state index contributed by atoms with van der Waals surface area (Å²) < 4.78 is 5.17. The molecular formula is C10H16O2. The van der Waals surface area contributed by atoms with Crippen molar-refractivity contribution < 1.29 is 9.84 Å². The molecule has 0 aliphatic carbocycles. The summed E-state index contributed by atoms with van der Waals surface area (Å²) in [5.41, 5.74) is 2.24. The molecule has 1 aliphatic heterocycles. The first-order valence-electron chi connectivity index (χ1n) is 4.23. The van der Waals surface area contributed by atoms with Gasteiger partial charge in [0.2, 0.25) is 0 Å². The maximum atomic E-state index is 9.17. The van der Waals surface area contributed by atoms with Crippen molar-refractivity contribution in [3.05, 3.63) is 23.8 Å². The van der Waals surface area contributed by atoms with E-state index in [0.717, 1.165) is 11.1 Å². The third-order valence-corrected chi connectivity index (χ3v) is 2.39. The van der Waals surface area contributed by atoms with Crippen molar-refractivity contribution in [2.75, 3.05) is 0 Å². The highest BCUT2D eigenvalue weighted by atomic mass is 16.6. The molecule has 0 fully saturated rings. The van der Waals surface area contributed by atoms with Crippen LogP contribution < -0.4 is 0 Å². The van der Waals surface area contributed by atoms with Gasteiger partial charge in [-0.2, -0.15) is 0 Å². The normalized spacial score (nSPS) is 31.5. The first-order valence-corrected chi connectivity index (χ1v) is 4.23. The summed E-state index contributed by atoms with van der Waals surface area (Å²) in [4.78, 5) is 0. The Morgan fingerprint density at radius 2 is 2.33 bits per heavy atom. The first kappa shape index (κ1) is 9.49. The number of aliphatic hydroxyl groups is 1. The number of ether oxygens (including phenoxy) is 1. The van der Waals surface area contributed by atoms with Gasteiger partial charge in [0.25, 0.3) is 0 Å². The molecule has 0 saturated carbocycles. The zero-order chi connectivity index (χ0) is 9.30. The molecule has 1 heterocycles. The van der Waals surface area contributed by atoms with Gasteiger partial charge >= 0.3 is 0 Å². The van der Waals surface area contributed by atoms with E-state index in [9.17, 15) is 5.11 Å². The van der Waals surface area contributed by atoms with E-state index in [0.29, 0.717) is 5.92 Å². The minimum absolute atomic E-state index is 0.0201. The number of hydrogen-bond acceptors (Lipinski definition) is 2. The average molecular weight is 168 g/mol. The van der Waals surface area contributed by atoms with Crippen LogP contribution in [-0.4, -0.2) is 17.5 Å². The van der Waals surface area contributed by atoms with Crippen molar-refractivity contribution in [2.45, 2.75) is 33.2 Å². The third kappa shape index (κ3) is 1.76. The van der Waals surface area contributed by atoms with Crippen LogP contribution in [0.5, 0.6) is 0 Å². The zero-order valence-electron chi connectivity index (χ0n) is 7.87. The summed E-state index contributed by atoms with van der Waals surface area (Å²) in [5.74, 6) is 0.303. The summed E-state index contributed by atoms with van der Waals surface area (Å²) in [6.45, 7) is 9.89. The highest BCUT2D eigenvalue weighted by molar-refractivity contribution is 5.23. The monoisotopic (exact) mass is 168 g/mol. The topological polar surface area (TPSA) is 29.5 Å². The van der Waals surface area contributed by atoms with Crippen LogP contribution >= 0.6 is 0 Å². The highest BCUT2D eigenvalue weighted by Crippen LogP contribution is 2.28. The molecule has 0 aromatic rings. The van der Waals surface area contributed by atoms with E-state index >= 15 is 0 Å². The molecular weight excluding hydrogens is 152 g/mol. The van der Waals surface area contributed by atoms with Crippen molar-refractivity contribution in [3.8, 4) is 0 Å². The van der Waals surface area contributed by atoms with Gasteiger partial charge in [-0.1, -0.05) is 19.1 Å². The van der Waals surface area contributed by atoms with Crippen LogP contribution in [0.25, 0.3) is 0 Å². The molecule has 0 aromatic heterocycles. The minimum atomic E-state index is -0.725. The lowest BCUT2D eigenvalue weighted by molar-refractivity contribution is -0.0701. The molecule has 3 unspecified atom stereocenters. The van der Waals surface area contributed by atoms with E-state index in [4.69, 9.17) is 4.74 Å². The quantitative estimate of drug-likeness (QED) is 0.638. The Bertz CT molecular complexity index is 218. The second-order valence-electron chi connectivity index (χ2n) is 3.40. The van der Waals surface area contributed by atoms with Crippen LogP contribution in [0.15, 0.2) is 23.8 Å². The van der Waals surface area contributed by atoms with E-state index in [1.54, 1.807) is 6.08 Å². The molecule has 0 amide bonds. The number of rotatable bonds is 2. The first-order chi connectivity index (χ1) is 5.52. The van der Waals surface area contributed by atoms with Gasteiger partial charge in [0.15, 0.2) is 6.29 Å². The fourth-order valence-corrected chi connectivity index (χ4v) is 1.41. The SMILES string of the molecule is C=C(C)C(C)C1=CC(O)OC1C. The fraction of sp³-hybridized carbons (Fsp3) is 0.600. The van der Waals surface area contributed by atoms with E-state index in [-0.39, 0.29) is 6.10 Å². The van der Waals surface area contributed by atoms with Crippen LogP contribution in [0.3, 0.4) is 0 Å². The van der Waals surface area contributed by atoms with E-state index in [1.165, 1.54) is 0 Å². The van der Waals surface area contributed by atoms with Crippen LogP contribution in [0, 0.1) is 5.92 Å². The summed E-state index contributed by atoms with van der Waals surface area (Å²) in [7, 11) is 0. The molecule has 2 heteroatoms. The molecule has 3 atom stereocenters. The Hall–Kier alpha value is -0.600. The van der Waals surface area contributed by atoms with Crippen molar-refractivity contribution >= 4 is 0 Å². The number of hydrogen-bond donors (Lipinski definition) is 1.